The molecule has 0 heterocycles. The van der Waals surface area contributed by atoms with Crippen molar-refractivity contribution in [3.8, 4) is 0 Å². The van der Waals surface area contributed by atoms with Crippen LogP contribution in [0.3, 0.4) is 0 Å². The number of hydrogen-bond donors (Lipinski definition) is 3. The first-order valence-corrected chi connectivity index (χ1v) is 35.6. The lowest BCUT2D eigenvalue weighted by molar-refractivity contribution is -0.123. The third kappa shape index (κ3) is 66.5. The van der Waals surface area contributed by atoms with Gasteiger partial charge in [0.1, 0.15) is 0 Å². The summed E-state index contributed by atoms with van der Waals surface area (Å²) >= 11 is 0. The molecule has 0 aliphatic carbocycles. The van der Waals surface area contributed by atoms with Gasteiger partial charge >= 0.3 is 0 Å². The van der Waals surface area contributed by atoms with Crippen molar-refractivity contribution in [2.75, 3.05) is 6.61 Å². The summed E-state index contributed by atoms with van der Waals surface area (Å²) in [6.07, 6.45) is 101. The fourth-order valence-corrected chi connectivity index (χ4v) is 11.1. The van der Waals surface area contributed by atoms with Gasteiger partial charge in [0.05, 0.1) is 18.8 Å². The zero-order chi connectivity index (χ0) is 56.9. The minimum absolute atomic E-state index is 0.0242. The topological polar surface area (TPSA) is 69.6 Å². The van der Waals surface area contributed by atoms with Gasteiger partial charge in [-0.3, -0.25) is 4.79 Å². The SMILES string of the molecule is CC/C=C\C/C=C\C/C=C\C/C=C\C/C=C\C/C=C\CCCCCCCCCCCCCCCCCCCCCCCCC(=O)NC(CO)C(O)CCCCCCCCCCCCCCCCCCCCCCCCCCCC. The van der Waals surface area contributed by atoms with E-state index in [4.69, 9.17) is 0 Å². The van der Waals surface area contributed by atoms with Crippen LogP contribution < -0.4 is 5.32 Å². The summed E-state index contributed by atoms with van der Waals surface area (Å²) in [5.41, 5.74) is 0. The molecule has 0 aromatic carbocycles. The molecule has 0 aromatic heterocycles. The van der Waals surface area contributed by atoms with Crippen molar-refractivity contribution in [2.24, 2.45) is 0 Å². The quantitative estimate of drug-likeness (QED) is 0.0420. The number of carbonyl (C=O) groups excluding carboxylic acids is 1. The predicted octanol–water partition coefficient (Wildman–Crippen LogP) is 24.4. The second-order valence-corrected chi connectivity index (χ2v) is 24.3. The number of rotatable bonds is 66. The predicted molar refractivity (Wildman–Crippen MR) is 354 cm³/mol. The number of hydrogen-bond acceptors (Lipinski definition) is 3. The Bertz CT molecular complexity index is 1340. The zero-order valence-corrected chi connectivity index (χ0v) is 53.4. The Hall–Kier alpha value is -2.17. The van der Waals surface area contributed by atoms with E-state index >= 15 is 0 Å². The van der Waals surface area contributed by atoms with Crippen molar-refractivity contribution >= 4 is 5.91 Å². The second-order valence-electron chi connectivity index (χ2n) is 24.3. The molecule has 0 saturated carbocycles. The van der Waals surface area contributed by atoms with Gasteiger partial charge in [-0.05, 0) is 64.2 Å². The first kappa shape index (κ1) is 76.8. The first-order valence-electron chi connectivity index (χ1n) is 35.6. The van der Waals surface area contributed by atoms with Gasteiger partial charge in [0.2, 0.25) is 5.91 Å². The van der Waals surface area contributed by atoms with Gasteiger partial charge in [0.15, 0.2) is 0 Å². The second kappa shape index (κ2) is 70.1. The Morgan fingerprint density at radius 2 is 0.557 bits per heavy atom. The van der Waals surface area contributed by atoms with Gasteiger partial charge < -0.3 is 15.5 Å². The summed E-state index contributed by atoms with van der Waals surface area (Å²) in [5.74, 6) is -0.0242. The van der Waals surface area contributed by atoms with Crippen LogP contribution in [0.15, 0.2) is 72.9 Å². The number of amides is 1. The molecular formula is C75H139NO3. The van der Waals surface area contributed by atoms with Crippen molar-refractivity contribution in [2.45, 2.75) is 392 Å². The first-order chi connectivity index (χ1) is 39.2. The van der Waals surface area contributed by atoms with Gasteiger partial charge in [0, 0.05) is 6.42 Å². The largest absolute Gasteiger partial charge is 0.394 e. The normalized spacial score (nSPS) is 13.1. The number of aliphatic hydroxyl groups is 2. The lowest BCUT2D eigenvalue weighted by Gasteiger charge is -2.22. The van der Waals surface area contributed by atoms with Gasteiger partial charge in [-0.25, -0.2) is 0 Å². The molecule has 0 radical (unpaired) electrons. The average Bonchev–Trinajstić information content (AvgIpc) is 3.45. The Labute approximate surface area is 495 Å². The maximum Gasteiger partial charge on any atom is 0.220 e. The van der Waals surface area contributed by atoms with E-state index in [1.54, 1.807) is 0 Å². The lowest BCUT2D eigenvalue weighted by Crippen LogP contribution is -2.45. The number of aliphatic hydroxyl groups excluding tert-OH is 2. The van der Waals surface area contributed by atoms with E-state index in [9.17, 15) is 15.0 Å². The highest BCUT2D eigenvalue weighted by molar-refractivity contribution is 5.76. The monoisotopic (exact) mass is 1100 g/mol. The van der Waals surface area contributed by atoms with E-state index in [0.717, 1.165) is 64.2 Å². The van der Waals surface area contributed by atoms with E-state index in [1.807, 2.05) is 0 Å². The molecule has 0 fully saturated rings. The maximum atomic E-state index is 12.6. The van der Waals surface area contributed by atoms with Gasteiger partial charge in [-0.1, -0.05) is 382 Å². The Morgan fingerprint density at radius 3 is 0.835 bits per heavy atom. The molecule has 462 valence electrons. The number of allylic oxidation sites excluding steroid dienone is 12. The Morgan fingerprint density at radius 1 is 0.316 bits per heavy atom. The molecule has 0 aliphatic heterocycles. The summed E-state index contributed by atoms with van der Waals surface area (Å²) < 4.78 is 0. The smallest absolute Gasteiger partial charge is 0.220 e. The zero-order valence-electron chi connectivity index (χ0n) is 53.4. The van der Waals surface area contributed by atoms with E-state index in [2.05, 4.69) is 92.1 Å². The summed E-state index contributed by atoms with van der Waals surface area (Å²) in [6.45, 7) is 4.28. The van der Waals surface area contributed by atoms with E-state index in [-0.39, 0.29) is 12.5 Å². The fraction of sp³-hybridized carbons (Fsp3) is 0.827. The van der Waals surface area contributed by atoms with Crippen LogP contribution in [-0.2, 0) is 4.79 Å². The summed E-state index contributed by atoms with van der Waals surface area (Å²) in [5, 5.41) is 23.5. The molecule has 0 bridgehead atoms. The molecule has 1 amide bonds. The molecule has 0 rings (SSSR count). The highest BCUT2D eigenvalue weighted by Crippen LogP contribution is 2.19. The number of unbranched alkanes of at least 4 members (excludes halogenated alkanes) is 47. The molecule has 4 nitrogen and oxygen atoms in total. The van der Waals surface area contributed by atoms with Crippen LogP contribution in [0.5, 0.6) is 0 Å². The molecule has 0 saturated heterocycles. The Kier molecular flexibility index (Phi) is 68.2. The van der Waals surface area contributed by atoms with Crippen molar-refractivity contribution in [1.82, 2.24) is 5.32 Å². The van der Waals surface area contributed by atoms with Crippen LogP contribution in [0.25, 0.3) is 0 Å². The van der Waals surface area contributed by atoms with E-state index in [1.165, 1.54) is 289 Å². The van der Waals surface area contributed by atoms with Crippen molar-refractivity contribution in [3.63, 3.8) is 0 Å². The van der Waals surface area contributed by atoms with Crippen molar-refractivity contribution in [3.05, 3.63) is 72.9 Å². The fourth-order valence-electron chi connectivity index (χ4n) is 11.1. The molecular weight excluding hydrogens is 963 g/mol. The number of nitrogens with one attached hydrogen (secondary N) is 1. The van der Waals surface area contributed by atoms with Gasteiger partial charge in [-0.2, -0.15) is 0 Å². The number of carbonyl (C=O) groups is 1. The summed E-state index contributed by atoms with van der Waals surface area (Å²) in [4.78, 5) is 12.6. The highest BCUT2D eigenvalue weighted by atomic mass is 16.3. The molecule has 0 aromatic rings. The van der Waals surface area contributed by atoms with Crippen LogP contribution in [0, 0.1) is 0 Å². The lowest BCUT2D eigenvalue weighted by atomic mass is 10.0. The van der Waals surface area contributed by atoms with E-state index in [0.29, 0.717) is 12.8 Å². The van der Waals surface area contributed by atoms with Gasteiger partial charge in [-0.15, -0.1) is 0 Å². The molecule has 2 atom stereocenters. The average molecular weight is 1100 g/mol. The van der Waals surface area contributed by atoms with Crippen LogP contribution in [0.2, 0.25) is 0 Å². The molecule has 79 heavy (non-hydrogen) atoms. The summed E-state index contributed by atoms with van der Waals surface area (Å²) in [6, 6.07) is -0.538. The maximum absolute atomic E-state index is 12.6. The Balaban J connectivity index is 3.40. The van der Waals surface area contributed by atoms with E-state index < -0.39 is 12.1 Å². The molecule has 0 aliphatic rings. The van der Waals surface area contributed by atoms with Gasteiger partial charge in [0.25, 0.3) is 0 Å². The molecule has 4 heteroatoms. The highest BCUT2D eigenvalue weighted by Gasteiger charge is 2.20. The summed E-state index contributed by atoms with van der Waals surface area (Å²) in [7, 11) is 0. The third-order valence-corrected chi connectivity index (χ3v) is 16.5. The van der Waals surface area contributed by atoms with Crippen molar-refractivity contribution in [1.29, 1.82) is 0 Å². The van der Waals surface area contributed by atoms with Crippen LogP contribution in [0.1, 0.15) is 380 Å². The molecule has 0 spiro atoms. The van der Waals surface area contributed by atoms with Crippen LogP contribution in [-0.4, -0.2) is 34.9 Å². The van der Waals surface area contributed by atoms with Crippen LogP contribution >= 0.6 is 0 Å². The minimum atomic E-state index is -0.661. The third-order valence-electron chi connectivity index (χ3n) is 16.5. The van der Waals surface area contributed by atoms with Crippen LogP contribution in [0.4, 0.5) is 0 Å². The molecule has 3 N–H and O–H groups in total. The minimum Gasteiger partial charge on any atom is -0.394 e. The van der Waals surface area contributed by atoms with Crippen molar-refractivity contribution < 1.29 is 15.0 Å². The standard InChI is InChI=1S/C75H139NO3/c1-3-5-7-9-11-13-15-17-19-21-23-25-27-29-31-32-33-34-35-36-37-38-39-40-41-42-43-44-45-47-49-51-53-55-57-59-61-63-65-67-69-71-75(79)76-73(72-77)74(78)70-68-66-64-62-60-58-56-54-52-50-48-46-30-28-26-24-22-20-18-16-14-12-10-8-6-4-2/h5,7,11,13,17,19,23,25,29,31,33-34,73-74,77-78H,3-4,6,8-10,12,14-16,18,20-22,24,26-28,30,32,35-72H2,1-2H3,(H,76,79)/b7-5-,13-11-,19-17-,25-23-,31-29-,34-33-. The molecule has 2 unspecified atom stereocenters.